The van der Waals surface area contributed by atoms with Gasteiger partial charge in [-0.1, -0.05) is 0 Å². The molecule has 1 N–H and O–H groups in total. The van der Waals surface area contributed by atoms with Crippen LogP contribution in [0.3, 0.4) is 0 Å². The molecule has 0 unspecified atom stereocenters. The van der Waals surface area contributed by atoms with Gasteiger partial charge in [0.25, 0.3) is 0 Å². The van der Waals surface area contributed by atoms with Crippen LogP contribution in [0.2, 0.25) is 0 Å². The highest BCUT2D eigenvalue weighted by molar-refractivity contribution is 7.07. The van der Waals surface area contributed by atoms with Gasteiger partial charge in [-0.15, -0.1) is 0 Å². The van der Waals surface area contributed by atoms with Crippen molar-refractivity contribution in [1.29, 1.82) is 0 Å². The fourth-order valence-electron chi connectivity index (χ4n) is 1.83. The average molecular weight is 239 g/mol. The summed E-state index contributed by atoms with van der Waals surface area (Å²) in [5.74, 6) is 0.183. The monoisotopic (exact) mass is 239 g/mol. The molecule has 0 aromatic carbocycles. The fraction of sp³-hybridized carbons (Fsp3) is 0.583. The smallest absolute Gasteiger partial charge is 0.223 e. The minimum atomic E-state index is 0.0701. The summed E-state index contributed by atoms with van der Waals surface area (Å²) in [4.78, 5) is 13.8. The van der Waals surface area contributed by atoms with E-state index in [0.29, 0.717) is 19.0 Å². The van der Waals surface area contributed by atoms with Crippen LogP contribution >= 0.6 is 11.3 Å². The van der Waals surface area contributed by atoms with Crippen LogP contribution in [-0.4, -0.2) is 35.1 Å². The number of aliphatic hydroxyl groups is 1. The molecule has 3 nitrogen and oxygen atoms in total. The molecule has 88 valence electrons. The van der Waals surface area contributed by atoms with Gasteiger partial charge in [0.15, 0.2) is 0 Å². The number of amides is 1. The van der Waals surface area contributed by atoms with Gasteiger partial charge in [-0.3, -0.25) is 4.79 Å². The lowest BCUT2D eigenvalue weighted by Crippen LogP contribution is -2.35. The highest BCUT2D eigenvalue weighted by Crippen LogP contribution is 2.27. The van der Waals surface area contributed by atoms with Crippen molar-refractivity contribution < 1.29 is 9.90 Å². The highest BCUT2D eigenvalue weighted by Gasteiger charge is 2.31. The van der Waals surface area contributed by atoms with Crippen molar-refractivity contribution in [2.45, 2.75) is 31.7 Å². The third kappa shape index (κ3) is 3.06. The van der Waals surface area contributed by atoms with Crippen LogP contribution in [0.25, 0.3) is 0 Å². The largest absolute Gasteiger partial charge is 0.395 e. The number of carbonyl (C=O) groups excluding carboxylic acids is 1. The third-order valence-electron chi connectivity index (χ3n) is 2.86. The molecule has 0 aliphatic heterocycles. The molecule has 1 amide bonds. The zero-order chi connectivity index (χ0) is 11.4. The van der Waals surface area contributed by atoms with Crippen LogP contribution in [0, 0.1) is 0 Å². The Bertz CT molecular complexity index is 333. The number of hydrogen-bond donors (Lipinski definition) is 1. The first-order valence-corrected chi connectivity index (χ1v) is 6.67. The summed E-state index contributed by atoms with van der Waals surface area (Å²) in [6.45, 7) is 0.563. The van der Waals surface area contributed by atoms with Gasteiger partial charge in [0.2, 0.25) is 5.91 Å². The van der Waals surface area contributed by atoms with Crippen molar-refractivity contribution in [3.63, 3.8) is 0 Å². The zero-order valence-electron chi connectivity index (χ0n) is 9.26. The normalized spacial score (nSPS) is 15.1. The molecule has 4 heteroatoms. The van der Waals surface area contributed by atoms with Crippen molar-refractivity contribution in [2.75, 3.05) is 13.2 Å². The van der Waals surface area contributed by atoms with Crippen molar-refractivity contribution in [3.8, 4) is 0 Å². The number of carbonyl (C=O) groups is 1. The summed E-state index contributed by atoms with van der Waals surface area (Å²) in [7, 11) is 0. The average Bonchev–Trinajstić information content (AvgIpc) is 2.99. The van der Waals surface area contributed by atoms with Gasteiger partial charge in [-0.2, -0.15) is 11.3 Å². The van der Waals surface area contributed by atoms with Gasteiger partial charge in [-0.05, 0) is 41.7 Å². The summed E-state index contributed by atoms with van der Waals surface area (Å²) >= 11 is 1.66. The number of thiophene rings is 1. The van der Waals surface area contributed by atoms with E-state index in [1.54, 1.807) is 11.3 Å². The summed E-state index contributed by atoms with van der Waals surface area (Å²) in [5, 5.41) is 13.0. The van der Waals surface area contributed by atoms with E-state index in [2.05, 4.69) is 11.4 Å². The lowest BCUT2D eigenvalue weighted by atomic mass is 10.2. The molecular formula is C12H17NO2S. The van der Waals surface area contributed by atoms with Gasteiger partial charge in [0.1, 0.15) is 0 Å². The first-order valence-electron chi connectivity index (χ1n) is 5.72. The molecule has 1 aliphatic rings. The highest BCUT2D eigenvalue weighted by atomic mass is 32.1. The predicted molar refractivity (Wildman–Crippen MR) is 64.5 cm³/mol. The molecule has 1 aromatic heterocycles. The maximum Gasteiger partial charge on any atom is 0.223 e. The Morgan fingerprint density at radius 3 is 2.94 bits per heavy atom. The summed E-state index contributed by atoms with van der Waals surface area (Å²) in [6.07, 6.45) is 3.58. The van der Waals surface area contributed by atoms with E-state index >= 15 is 0 Å². The minimum absolute atomic E-state index is 0.0701. The molecule has 1 aliphatic carbocycles. The summed E-state index contributed by atoms with van der Waals surface area (Å²) < 4.78 is 0. The van der Waals surface area contributed by atoms with E-state index in [1.807, 2.05) is 10.3 Å². The van der Waals surface area contributed by atoms with Crippen LogP contribution in [0.1, 0.15) is 24.8 Å². The Morgan fingerprint density at radius 1 is 1.56 bits per heavy atom. The SMILES string of the molecule is O=C(CCc1ccsc1)N(CCO)C1CC1. The second-order valence-electron chi connectivity index (χ2n) is 4.17. The molecule has 1 fully saturated rings. The van der Waals surface area contributed by atoms with E-state index in [9.17, 15) is 4.79 Å². The molecule has 0 spiro atoms. The maximum absolute atomic E-state index is 11.9. The van der Waals surface area contributed by atoms with Gasteiger partial charge in [-0.25, -0.2) is 0 Å². The molecule has 0 atom stereocenters. The second kappa shape index (κ2) is 5.46. The number of nitrogens with zero attached hydrogens (tertiary/aromatic N) is 1. The Morgan fingerprint density at radius 2 is 2.38 bits per heavy atom. The van der Waals surface area contributed by atoms with Crippen LogP contribution in [0.15, 0.2) is 16.8 Å². The van der Waals surface area contributed by atoms with Crippen LogP contribution in [0.4, 0.5) is 0 Å². The molecule has 1 aromatic rings. The molecule has 1 saturated carbocycles. The maximum atomic E-state index is 11.9. The number of hydrogen-bond acceptors (Lipinski definition) is 3. The molecule has 16 heavy (non-hydrogen) atoms. The third-order valence-corrected chi connectivity index (χ3v) is 3.59. The van der Waals surface area contributed by atoms with Crippen molar-refractivity contribution in [1.82, 2.24) is 4.90 Å². The standard InChI is InChI=1S/C12H17NO2S/c14-7-6-13(11-2-3-11)12(15)4-1-10-5-8-16-9-10/h5,8-9,11,14H,1-4,6-7H2. The van der Waals surface area contributed by atoms with Crippen LogP contribution in [0.5, 0.6) is 0 Å². The van der Waals surface area contributed by atoms with Crippen molar-refractivity contribution >= 4 is 17.2 Å². The van der Waals surface area contributed by atoms with Crippen LogP contribution in [-0.2, 0) is 11.2 Å². The number of rotatable bonds is 6. The van der Waals surface area contributed by atoms with E-state index < -0.39 is 0 Å². The van der Waals surface area contributed by atoms with E-state index in [4.69, 9.17) is 5.11 Å². The fourth-order valence-corrected chi connectivity index (χ4v) is 2.54. The molecular weight excluding hydrogens is 222 g/mol. The first kappa shape index (κ1) is 11.6. The summed E-state index contributed by atoms with van der Waals surface area (Å²) in [5.41, 5.74) is 1.23. The second-order valence-corrected chi connectivity index (χ2v) is 4.95. The molecule has 0 radical (unpaired) electrons. The van der Waals surface area contributed by atoms with Crippen molar-refractivity contribution in [2.24, 2.45) is 0 Å². The Kier molecular flexibility index (Phi) is 3.96. The van der Waals surface area contributed by atoms with Gasteiger partial charge in [0, 0.05) is 19.0 Å². The molecule has 0 bridgehead atoms. The number of aryl methyl sites for hydroxylation is 1. The predicted octanol–water partition coefficient (Wildman–Crippen LogP) is 1.66. The molecule has 0 saturated heterocycles. The lowest BCUT2D eigenvalue weighted by Gasteiger charge is -2.21. The Hall–Kier alpha value is -0.870. The first-order chi connectivity index (χ1) is 7.81. The van der Waals surface area contributed by atoms with Crippen LogP contribution < -0.4 is 0 Å². The Labute approximate surface area is 99.7 Å². The van der Waals surface area contributed by atoms with E-state index in [-0.39, 0.29) is 12.5 Å². The van der Waals surface area contributed by atoms with E-state index in [0.717, 1.165) is 19.3 Å². The Balaban J connectivity index is 1.81. The lowest BCUT2D eigenvalue weighted by molar-refractivity contribution is -0.132. The zero-order valence-corrected chi connectivity index (χ0v) is 10.1. The minimum Gasteiger partial charge on any atom is -0.395 e. The van der Waals surface area contributed by atoms with Gasteiger partial charge >= 0.3 is 0 Å². The van der Waals surface area contributed by atoms with Crippen molar-refractivity contribution in [3.05, 3.63) is 22.4 Å². The summed E-state index contributed by atoms with van der Waals surface area (Å²) in [6, 6.07) is 2.47. The van der Waals surface area contributed by atoms with Gasteiger partial charge in [0.05, 0.1) is 6.61 Å². The topological polar surface area (TPSA) is 40.5 Å². The molecule has 2 rings (SSSR count). The number of aliphatic hydroxyl groups excluding tert-OH is 1. The van der Waals surface area contributed by atoms with Gasteiger partial charge < -0.3 is 10.0 Å². The van der Waals surface area contributed by atoms with E-state index in [1.165, 1.54) is 5.56 Å². The quantitative estimate of drug-likeness (QED) is 0.820. The molecule has 1 heterocycles.